The van der Waals surface area contributed by atoms with E-state index in [1.165, 1.54) is 141 Å². The Hall–Kier alpha value is -3.36. The van der Waals surface area contributed by atoms with E-state index in [-0.39, 0.29) is 18.9 Å². The van der Waals surface area contributed by atoms with Crippen LogP contribution < -0.4 is 10.2 Å². The molecule has 81 heavy (non-hydrogen) atoms. The van der Waals surface area contributed by atoms with Crippen molar-refractivity contribution in [2.24, 2.45) is 0 Å². The van der Waals surface area contributed by atoms with E-state index in [4.69, 9.17) is 9.05 Å². The van der Waals surface area contributed by atoms with Crippen molar-refractivity contribution in [3.05, 3.63) is 134 Å². The van der Waals surface area contributed by atoms with E-state index in [1.807, 2.05) is 27.2 Å². The summed E-state index contributed by atoms with van der Waals surface area (Å²) in [5.74, 6) is -0.243. The maximum atomic E-state index is 13.0. The number of unbranched alkanes of at least 4 members (excludes halogenated alkanes) is 26. The van der Waals surface area contributed by atoms with E-state index in [9.17, 15) is 19.4 Å². The minimum atomic E-state index is -4.63. The Morgan fingerprint density at radius 2 is 0.753 bits per heavy atom. The van der Waals surface area contributed by atoms with Crippen LogP contribution >= 0.6 is 7.82 Å². The number of allylic oxidation sites excluding steroid dienone is 21. The second-order valence-corrected chi connectivity index (χ2v) is 24.5. The zero-order valence-corrected chi connectivity index (χ0v) is 53.8. The number of aliphatic hydroxyl groups excluding tert-OH is 1. The van der Waals surface area contributed by atoms with Crippen molar-refractivity contribution in [1.29, 1.82) is 0 Å². The molecule has 0 aliphatic rings. The SMILES string of the molecule is CC/C=C\C/C=C\C/C=C\C/C=C\C/C=C\C/C=C\C/C=C\C/C=C\C/C=C\C/C=C\CCCCC(=O)NC(COP(=O)([O-])OCC[N+](C)(C)C)C(O)/C=C/CCCCCCCCCCCCCCCCCCCCCCCCCC. The van der Waals surface area contributed by atoms with Gasteiger partial charge in [-0.05, 0) is 96.3 Å². The van der Waals surface area contributed by atoms with Gasteiger partial charge < -0.3 is 28.8 Å². The Labute approximate surface area is 500 Å². The smallest absolute Gasteiger partial charge is 0.268 e. The van der Waals surface area contributed by atoms with Crippen LogP contribution in [0.3, 0.4) is 0 Å². The molecular formula is C72H125N2O6P. The van der Waals surface area contributed by atoms with E-state index < -0.39 is 26.6 Å². The van der Waals surface area contributed by atoms with Crippen LogP contribution in [-0.2, 0) is 18.4 Å². The molecule has 464 valence electrons. The molecular weight excluding hydrogens is 1020 g/mol. The maximum Gasteiger partial charge on any atom is 0.268 e. The summed E-state index contributed by atoms with van der Waals surface area (Å²) in [6.45, 7) is 4.51. The van der Waals surface area contributed by atoms with Crippen molar-refractivity contribution >= 4 is 13.7 Å². The molecule has 0 heterocycles. The molecule has 0 aliphatic heterocycles. The van der Waals surface area contributed by atoms with Crippen LogP contribution in [-0.4, -0.2) is 68.5 Å². The van der Waals surface area contributed by atoms with E-state index in [0.29, 0.717) is 17.4 Å². The molecule has 0 saturated carbocycles. The Morgan fingerprint density at radius 3 is 1.10 bits per heavy atom. The van der Waals surface area contributed by atoms with Crippen LogP contribution in [0, 0.1) is 0 Å². The first-order valence-electron chi connectivity index (χ1n) is 33.0. The number of carbonyl (C=O) groups excluding carboxylic acids is 1. The third kappa shape index (κ3) is 64.1. The molecule has 0 rings (SSSR count). The number of phosphoric ester groups is 1. The Morgan fingerprint density at radius 1 is 0.444 bits per heavy atom. The van der Waals surface area contributed by atoms with Crippen molar-refractivity contribution in [3.63, 3.8) is 0 Å². The van der Waals surface area contributed by atoms with Gasteiger partial charge in [-0.3, -0.25) is 9.36 Å². The van der Waals surface area contributed by atoms with Gasteiger partial charge in [0, 0.05) is 6.42 Å². The van der Waals surface area contributed by atoms with Crippen molar-refractivity contribution in [2.75, 3.05) is 40.9 Å². The highest BCUT2D eigenvalue weighted by Gasteiger charge is 2.23. The average molecular weight is 1150 g/mol. The summed E-state index contributed by atoms with van der Waals surface area (Å²) < 4.78 is 23.4. The van der Waals surface area contributed by atoms with Gasteiger partial charge in [0.05, 0.1) is 39.9 Å². The molecule has 0 aliphatic carbocycles. The molecule has 8 nitrogen and oxygen atoms in total. The Balaban J connectivity index is 4.28. The molecule has 0 aromatic heterocycles. The van der Waals surface area contributed by atoms with Crippen LogP contribution in [0.15, 0.2) is 134 Å². The molecule has 0 fully saturated rings. The summed E-state index contributed by atoms with van der Waals surface area (Å²) in [6.07, 6.45) is 92.7. The number of carbonyl (C=O) groups is 1. The molecule has 1 amide bonds. The molecule has 2 N–H and O–H groups in total. The fraction of sp³-hybridized carbons (Fsp3) is 0.681. The third-order valence-electron chi connectivity index (χ3n) is 14.1. The fourth-order valence-electron chi connectivity index (χ4n) is 9.01. The highest BCUT2D eigenvalue weighted by molar-refractivity contribution is 7.45. The number of nitrogens with one attached hydrogen (secondary N) is 1. The standard InChI is InChI=1S/C72H125N2O6P/c1-6-8-10-12-14-16-18-20-22-24-26-28-30-32-34-35-36-37-38-39-40-42-44-46-48-50-52-54-56-58-60-62-64-66-72(76)73-70(69-80-81(77,78)79-68-67-74(3,4)5)71(75)65-63-61-59-57-55-53-51-49-47-45-43-41-33-31-29-27-25-23-21-19-17-15-13-11-9-7-2/h8,10,14,16,20,22,26,28,32,34,36-37,39-40,44,46,50,52,56,58,63,65,70-71,75H,6-7,9,11-13,15,17-19,21,23-25,27,29-31,33,35,38,41-43,45,47-49,51,53-55,57,59-62,64,66-69H2,1-5H3,(H-,73,76,77,78)/b10-8-,16-14-,22-20-,28-26-,34-32-,37-36-,40-39-,46-44-,52-50-,58-56-,65-63+. The molecule has 0 bridgehead atoms. The van der Waals surface area contributed by atoms with E-state index in [1.54, 1.807) is 6.08 Å². The van der Waals surface area contributed by atoms with Gasteiger partial charge in [0.25, 0.3) is 7.82 Å². The second kappa shape index (κ2) is 61.2. The number of quaternary nitrogens is 1. The number of phosphoric acid groups is 1. The molecule has 9 heteroatoms. The largest absolute Gasteiger partial charge is 0.756 e. The van der Waals surface area contributed by atoms with Crippen LogP contribution in [0.1, 0.15) is 264 Å². The lowest BCUT2D eigenvalue weighted by Crippen LogP contribution is -2.45. The van der Waals surface area contributed by atoms with E-state index in [2.05, 4.69) is 141 Å². The summed E-state index contributed by atoms with van der Waals surface area (Å²) in [5.41, 5.74) is 0. The first-order valence-corrected chi connectivity index (χ1v) is 34.5. The van der Waals surface area contributed by atoms with Gasteiger partial charge >= 0.3 is 0 Å². The van der Waals surface area contributed by atoms with Gasteiger partial charge in [0.15, 0.2) is 0 Å². The normalized spacial score (nSPS) is 14.6. The van der Waals surface area contributed by atoms with Crippen LogP contribution in [0.25, 0.3) is 0 Å². The summed E-state index contributed by atoms with van der Waals surface area (Å²) in [7, 11) is 1.22. The number of likely N-dealkylation sites (N-methyl/N-ethyl adjacent to an activating group) is 1. The summed E-state index contributed by atoms with van der Waals surface area (Å²) >= 11 is 0. The number of hydrogen-bond donors (Lipinski definition) is 2. The minimum absolute atomic E-state index is 0.0167. The summed E-state index contributed by atoms with van der Waals surface area (Å²) in [5, 5.41) is 13.9. The molecule has 0 spiro atoms. The van der Waals surface area contributed by atoms with Gasteiger partial charge in [0.1, 0.15) is 13.2 Å². The van der Waals surface area contributed by atoms with E-state index >= 15 is 0 Å². The van der Waals surface area contributed by atoms with Gasteiger partial charge in [-0.15, -0.1) is 0 Å². The number of nitrogens with zero attached hydrogens (tertiary/aromatic N) is 1. The average Bonchev–Trinajstić information content (AvgIpc) is 3.43. The lowest BCUT2D eigenvalue weighted by atomic mass is 10.0. The van der Waals surface area contributed by atoms with Crippen molar-refractivity contribution in [3.8, 4) is 0 Å². The van der Waals surface area contributed by atoms with Gasteiger partial charge in [-0.25, -0.2) is 0 Å². The second-order valence-electron chi connectivity index (χ2n) is 23.1. The number of hydrogen-bond acceptors (Lipinski definition) is 6. The van der Waals surface area contributed by atoms with Crippen molar-refractivity contribution in [2.45, 2.75) is 276 Å². The molecule has 0 aromatic rings. The molecule has 3 atom stereocenters. The lowest BCUT2D eigenvalue weighted by Gasteiger charge is -2.29. The fourth-order valence-corrected chi connectivity index (χ4v) is 9.73. The molecule has 0 aromatic carbocycles. The van der Waals surface area contributed by atoms with Crippen molar-refractivity contribution in [1.82, 2.24) is 5.32 Å². The van der Waals surface area contributed by atoms with Gasteiger partial charge in [0.2, 0.25) is 5.91 Å². The number of aliphatic hydroxyl groups is 1. The van der Waals surface area contributed by atoms with Crippen LogP contribution in [0.5, 0.6) is 0 Å². The maximum absolute atomic E-state index is 13.0. The minimum Gasteiger partial charge on any atom is -0.756 e. The third-order valence-corrected chi connectivity index (χ3v) is 15.1. The molecule has 0 radical (unpaired) electrons. The molecule has 3 unspecified atom stereocenters. The quantitative estimate of drug-likeness (QED) is 0.0272. The van der Waals surface area contributed by atoms with Crippen LogP contribution in [0.2, 0.25) is 0 Å². The van der Waals surface area contributed by atoms with E-state index in [0.717, 1.165) is 96.3 Å². The topological polar surface area (TPSA) is 108 Å². The lowest BCUT2D eigenvalue weighted by molar-refractivity contribution is -0.870. The summed E-state index contributed by atoms with van der Waals surface area (Å²) in [6, 6.07) is -0.922. The predicted molar refractivity (Wildman–Crippen MR) is 352 cm³/mol. The zero-order valence-electron chi connectivity index (χ0n) is 52.9. The highest BCUT2D eigenvalue weighted by Crippen LogP contribution is 2.38. The monoisotopic (exact) mass is 1140 g/mol. The predicted octanol–water partition coefficient (Wildman–Crippen LogP) is 20.4. The molecule has 0 saturated heterocycles. The van der Waals surface area contributed by atoms with Gasteiger partial charge in [-0.1, -0.05) is 295 Å². The Kier molecular flexibility index (Phi) is 58.7. The van der Waals surface area contributed by atoms with Crippen molar-refractivity contribution < 1.29 is 32.9 Å². The van der Waals surface area contributed by atoms with Gasteiger partial charge in [-0.2, -0.15) is 0 Å². The highest BCUT2D eigenvalue weighted by atomic mass is 31.2. The van der Waals surface area contributed by atoms with Crippen LogP contribution in [0.4, 0.5) is 0 Å². The summed E-state index contributed by atoms with van der Waals surface area (Å²) in [4.78, 5) is 25.6. The number of rotatable bonds is 59. The first kappa shape index (κ1) is 77.6. The zero-order chi connectivity index (χ0) is 59.1. The Bertz CT molecular complexity index is 1780. The first-order chi connectivity index (χ1) is 39.5. The number of amides is 1.